The average molecular weight is 319 g/mol. The van der Waals surface area contributed by atoms with E-state index in [0.29, 0.717) is 5.82 Å². The number of nitrogen functional groups attached to an aromatic ring is 1. The zero-order valence-corrected chi connectivity index (χ0v) is 14.0. The molecular formula is C17H25N3O3. The van der Waals surface area contributed by atoms with Gasteiger partial charge in [-0.05, 0) is 38.5 Å². The van der Waals surface area contributed by atoms with Crippen LogP contribution in [0.3, 0.4) is 0 Å². The molecule has 126 valence electrons. The number of morpholine rings is 1. The van der Waals surface area contributed by atoms with Crippen molar-refractivity contribution in [2.45, 2.75) is 32.9 Å². The molecule has 6 heteroatoms. The molecule has 1 fully saturated rings. The fourth-order valence-electron chi connectivity index (χ4n) is 2.26. The quantitative estimate of drug-likeness (QED) is 0.674. The first-order valence-corrected chi connectivity index (χ1v) is 7.79. The van der Waals surface area contributed by atoms with Crippen molar-refractivity contribution in [1.82, 2.24) is 9.88 Å². The van der Waals surface area contributed by atoms with Crippen molar-refractivity contribution in [1.29, 1.82) is 0 Å². The summed E-state index contributed by atoms with van der Waals surface area (Å²) in [6.07, 6.45) is 4.76. The minimum atomic E-state index is -0.498. The van der Waals surface area contributed by atoms with Crippen molar-refractivity contribution in [3.63, 3.8) is 0 Å². The molecule has 1 aromatic heterocycles. The Morgan fingerprint density at radius 1 is 1.43 bits per heavy atom. The summed E-state index contributed by atoms with van der Waals surface area (Å²) < 4.78 is 10.6. The van der Waals surface area contributed by atoms with Gasteiger partial charge < -0.3 is 15.2 Å². The number of aromatic nitrogens is 1. The molecule has 0 radical (unpaired) electrons. The second-order valence-electron chi connectivity index (χ2n) is 6.57. The van der Waals surface area contributed by atoms with E-state index in [1.54, 1.807) is 12.3 Å². The summed E-state index contributed by atoms with van der Waals surface area (Å²) in [6.45, 7) is 9.50. The summed E-state index contributed by atoms with van der Waals surface area (Å²) >= 11 is 0. The van der Waals surface area contributed by atoms with Gasteiger partial charge in [0, 0.05) is 37.5 Å². The number of nitrogens with zero attached hydrogens (tertiary/aromatic N) is 2. The average Bonchev–Trinajstić information content (AvgIpc) is 2.47. The van der Waals surface area contributed by atoms with Crippen LogP contribution in [-0.4, -0.2) is 47.8 Å². The highest BCUT2D eigenvalue weighted by molar-refractivity contribution is 5.87. The van der Waals surface area contributed by atoms with Crippen molar-refractivity contribution in [3.8, 4) is 0 Å². The van der Waals surface area contributed by atoms with Crippen LogP contribution in [-0.2, 0) is 20.8 Å². The van der Waals surface area contributed by atoms with Crippen LogP contribution in [0.25, 0.3) is 6.08 Å². The van der Waals surface area contributed by atoms with Gasteiger partial charge in [0.15, 0.2) is 0 Å². The Bertz CT molecular complexity index is 573. The predicted molar refractivity (Wildman–Crippen MR) is 89.6 cm³/mol. The van der Waals surface area contributed by atoms with Crippen LogP contribution in [0.4, 0.5) is 5.82 Å². The molecule has 0 aromatic carbocycles. The van der Waals surface area contributed by atoms with Crippen LogP contribution < -0.4 is 5.73 Å². The third-order valence-corrected chi connectivity index (χ3v) is 3.34. The molecule has 1 saturated heterocycles. The number of nitrogens with two attached hydrogens (primary N) is 1. The molecule has 0 unspecified atom stereocenters. The molecule has 1 aromatic rings. The Labute approximate surface area is 137 Å². The van der Waals surface area contributed by atoms with E-state index in [2.05, 4.69) is 9.88 Å². The number of anilines is 1. The molecule has 0 amide bonds. The monoisotopic (exact) mass is 319 g/mol. The van der Waals surface area contributed by atoms with Gasteiger partial charge in [-0.15, -0.1) is 0 Å². The van der Waals surface area contributed by atoms with Gasteiger partial charge in [-0.25, -0.2) is 9.78 Å². The summed E-state index contributed by atoms with van der Waals surface area (Å²) in [4.78, 5) is 18.2. The Morgan fingerprint density at radius 2 is 2.13 bits per heavy atom. The van der Waals surface area contributed by atoms with Gasteiger partial charge in [-0.3, -0.25) is 4.90 Å². The number of ether oxygens (including phenoxy) is 2. The number of hydrogen-bond donors (Lipinski definition) is 1. The third kappa shape index (κ3) is 6.00. The number of esters is 1. The maximum atomic E-state index is 11.7. The molecule has 23 heavy (non-hydrogen) atoms. The first kappa shape index (κ1) is 17.4. The van der Waals surface area contributed by atoms with Gasteiger partial charge in [0.05, 0.1) is 13.2 Å². The molecule has 0 atom stereocenters. The highest BCUT2D eigenvalue weighted by Gasteiger charge is 2.15. The fraction of sp³-hybridized carbons (Fsp3) is 0.529. The van der Waals surface area contributed by atoms with Crippen LogP contribution >= 0.6 is 0 Å². The van der Waals surface area contributed by atoms with Gasteiger partial charge >= 0.3 is 5.97 Å². The van der Waals surface area contributed by atoms with E-state index in [1.807, 2.05) is 26.8 Å². The largest absolute Gasteiger partial charge is 0.457 e. The first-order chi connectivity index (χ1) is 10.8. The van der Waals surface area contributed by atoms with Crippen molar-refractivity contribution in [2.24, 2.45) is 0 Å². The molecule has 0 aliphatic carbocycles. The zero-order valence-electron chi connectivity index (χ0n) is 14.0. The smallest absolute Gasteiger partial charge is 0.331 e. The number of hydrogen-bond acceptors (Lipinski definition) is 6. The van der Waals surface area contributed by atoms with Gasteiger partial charge in [-0.1, -0.05) is 0 Å². The van der Waals surface area contributed by atoms with E-state index in [-0.39, 0.29) is 5.97 Å². The molecule has 0 spiro atoms. The lowest BCUT2D eigenvalue weighted by atomic mass is 10.1. The highest BCUT2D eigenvalue weighted by atomic mass is 16.6. The van der Waals surface area contributed by atoms with E-state index in [0.717, 1.165) is 44.0 Å². The summed E-state index contributed by atoms with van der Waals surface area (Å²) in [5.41, 5.74) is 7.25. The number of rotatable bonds is 4. The molecule has 2 rings (SSSR count). The molecule has 1 aliphatic heterocycles. The molecular weight excluding hydrogens is 294 g/mol. The maximum Gasteiger partial charge on any atom is 0.331 e. The summed E-state index contributed by atoms with van der Waals surface area (Å²) in [5.74, 6) is 0.148. The van der Waals surface area contributed by atoms with Crippen LogP contribution in [0.2, 0.25) is 0 Å². The van der Waals surface area contributed by atoms with E-state index >= 15 is 0 Å². The van der Waals surface area contributed by atoms with Gasteiger partial charge in [0.1, 0.15) is 11.4 Å². The van der Waals surface area contributed by atoms with Crippen molar-refractivity contribution >= 4 is 17.9 Å². The van der Waals surface area contributed by atoms with E-state index in [4.69, 9.17) is 15.2 Å². The molecule has 1 aliphatic rings. The normalized spacial score (nSPS) is 16.7. The van der Waals surface area contributed by atoms with E-state index < -0.39 is 5.60 Å². The molecule has 2 N–H and O–H groups in total. The summed E-state index contributed by atoms with van der Waals surface area (Å²) in [6, 6.07) is 1.96. The van der Waals surface area contributed by atoms with Gasteiger partial charge in [-0.2, -0.15) is 0 Å². The Kier molecular flexibility index (Phi) is 5.74. The van der Waals surface area contributed by atoms with Crippen LogP contribution in [0.15, 0.2) is 18.3 Å². The summed E-state index contributed by atoms with van der Waals surface area (Å²) in [5, 5.41) is 0. The molecule has 2 heterocycles. The van der Waals surface area contributed by atoms with Gasteiger partial charge in [0.25, 0.3) is 0 Å². The minimum absolute atomic E-state index is 0.371. The Hall–Kier alpha value is -1.92. The standard InChI is InChI=1S/C17H25N3O3/c1-17(2,3)23-15(21)5-4-13-10-14(16(18)19-11-13)12-20-6-8-22-9-7-20/h4-5,10-11H,6-9,12H2,1-3H3,(H2,18,19)/b5-4+. The predicted octanol–water partition coefficient (Wildman–Crippen LogP) is 1.85. The van der Waals surface area contributed by atoms with Crippen molar-refractivity contribution in [2.75, 3.05) is 32.0 Å². The lowest BCUT2D eigenvalue weighted by Gasteiger charge is -2.26. The second kappa shape index (κ2) is 7.57. The van der Waals surface area contributed by atoms with Crippen LogP contribution in [0, 0.1) is 0 Å². The lowest BCUT2D eigenvalue weighted by molar-refractivity contribution is -0.148. The topological polar surface area (TPSA) is 77.7 Å². The number of carbonyl (C=O) groups excluding carboxylic acids is 1. The maximum absolute atomic E-state index is 11.7. The SMILES string of the molecule is CC(C)(C)OC(=O)/C=C/c1cnc(N)c(CN2CCOCC2)c1. The van der Waals surface area contributed by atoms with E-state index in [1.165, 1.54) is 6.08 Å². The molecule has 0 bridgehead atoms. The second-order valence-corrected chi connectivity index (χ2v) is 6.57. The fourth-order valence-corrected chi connectivity index (χ4v) is 2.26. The first-order valence-electron chi connectivity index (χ1n) is 7.79. The highest BCUT2D eigenvalue weighted by Crippen LogP contribution is 2.16. The molecule has 0 saturated carbocycles. The van der Waals surface area contributed by atoms with Crippen molar-refractivity contribution in [3.05, 3.63) is 29.5 Å². The van der Waals surface area contributed by atoms with Crippen LogP contribution in [0.5, 0.6) is 0 Å². The van der Waals surface area contributed by atoms with Crippen LogP contribution in [0.1, 0.15) is 31.9 Å². The number of pyridine rings is 1. The van der Waals surface area contributed by atoms with Gasteiger partial charge in [0.2, 0.25) is 0 Å². The van der Waals surface area contributed by atoms with Crippen molar-refractivity contribution < 1.29 is 14.3 Å². The third-order valence-electron chi connectivity index (χ3n) is 3.34. The number of carbonyl (C=O) groups is 1. The zero-order chi connectivity index (χ0) is 16.9. The minimum Gasteiger partial charge on any atom is -0.457 e. The Balaban J connectivity index is 2.02. The van der Waals surface area contributed by atoms with E-state index in [9.17, 15) is 4.79 Å². The summed E-state index contributed by atoms with van der Waals surface area (Å²) in [7, 11) is 0. The lowest BCUT2D eigenvalue weighted by Crippen LogP contribution is -2.35. The molecule has 6 nitrogen and oxygen atoms in total. The Morgan fingerprint density at radius 3 is 2.78 bits per heavy atom.